The lowest BCUT2D eigenvalue weighted by Gasteiger charge is -1.75. The molecular weight excluding hydrogens is 78.1 g/mol. The van der Waals surface area contributed by atoms with Crippen LogP contribution in [0.3, 0.4) is 0 Å². The molecule has 1 heterocycles. The Bertz CT molecular complexity index is 76.1. The molecular formula is C3H7N3. The summed E-state index contributed by atoms with van der Waals surface area (Å²) in [5.74, 6) is 0.718. The Morgan fingerprint density at radius 2 is 2.67 bits per heavy atom. The SMILES string of the molecule is NC1=NNCC1. The summed E-state index contributed by atoms with van der Waals surface area (Å²) in [6, 6.07) is 0. The minimum Gasteiger partial charge on any atom is -0.386 e. The molecule has 6 heavy (non-hydrogen) atoms. The summed E-state index contributed by atoms with van der Waals surface area (Å²) in [6.45, 7) is 0.909. The minimum absolute atomic E-state index is 0.718. The topological polar surface area (TPSA) is 50.4 Å². The summed E-state index contributed by atoms with van der Waals surface area (Å²) < 4.78 is 0. The van der Waals surface area contributed by atoms with Crippen molar-refractivity contribution < 1.29 is 0 Å². The van der Waals surface area contributed by atoms with Gasteiger partial charge in [0.15, 0.2) is 0 Å². The van der Waals surface area contributed by atoms with Gasteiger partial charge in [-0.3, -0.25) is 0 Å². The fraction of sp³-hybridized carbons (Fsp3) is 0.667. The van der Waals surface area contributed by atoms with Crippen molar-refractivity contribution >= 4 is 5.84 Å². The molecule has 3 heteroatoms. The van der Waals surface area contributed by atoms with Crippen molar-refractivity contribution in [3.05, 3.63) is 0 Å². The Morgan fingerprint density at radius 3 is 2.83 bits per heavy atom. The van der Waals surface area contributed by atoms with Crippen LogP contribution in [0.25, 0.3) is 0 Å². The van der Waals surface area contributed by atoms with Crippen molar-refractivity contribution in [2.75, 3.05) is 6.54 Å². The van der Waals surface area contributed by atoms with Crippen LogP contribution in [-0.2, 0) is 0 Å². The van der Waals surface area contributed by atoms with Crippen molar-refractivity contribution in [2.45, 2.75) is 6.42 Å². The number of amidine groups is 1. The molecule has 0 aromatic carbocycles. The van der Waals surface area contributed by atoms with Gasteiger partial charge in [-0.15, -0.1) is 0 Å². The Kier molecular flexibility index (Phi) is 0.670. The van der Waals surface area contributed by atoms with E-state index in [0.29, 0.717) is 0 Å². The van der Waals surface area contributed by atoms with Crippen LogP contribution < -0.4 is 11.2 Å². The Labute approximate surface area is 36.2 Å². The van der Waals surface area contributed by atoms with Gasteiger partial charge >= 0.3 is 0 Å². The molecule has 0 amide bonds. The van der Waals surface area contributed by atoms with Crippen molar-refractivity contribution in [3.8, 4) is 0 Å². The van der Waals surface area contributed by atoms with Crippen molar-refractivity contribution in [1.29, 1.82) is 0 Å². The van der Waals surface area contributed by atoms with Gasteiger partial charge < -0.3 is 11.2 Å². The number of nitrogens with two attached hydrogens (primary N) is 1. The van der Waals surface area contributed by atoms with Gasteiger partial charge in [-0.2, -0.15) is 5.10 Å². The highest BCUT2D eigenvalue weighted by Crippen LogP contribution is 1.82. The second-order valence-corrected chi connectivity index (χ2v) is 1.26. The van der Waals surface area contributed by atoms with E-state index in [0.717, 1.165) is 18.8 Å². The number of hydrogen-bond acceptors (Lipinski definition) is 3. The molecule has 1 aliphatic heterocycles. The van der Waals surface area contributed by atoms with E-state index in [4.69, 9.17) is 5.73 Å². The van der Waals surface area contributed by atoms with E-state index >= 15 is 0 Å². The molecule has 3 nitrogen and oxygen atoms in total. The molecule has 0 aliphatic carbocycles. The molecule has 1 rings (SSSR count). The van der Waals surface area contributed by atoms with Crippen molar-refractivity contribution in [1.82, 2.24) is 5.43 Å². The Balaban J connectivity index is 2.45. The third-order valence-electron chi connectivity index (χ3n) is 0.716. The first kappa shape index (κ1) is 3.46. The molecule has 0 atom stereocenters. The van der Waals surface area contributed by atoms with Crippen molar-refractivity contribution in [2.24, 2.45) is 10.8 Å². The van der Waals surface area contributed by atoms with Gasteiger partial charge in [-0.05, 0) is 0 Å². The van der Waals surface area contributed by atoms with Crippen LogP contribution in [0.15, 0.2) is 5.10 Å². The Morgan fingerprint density at radius 1 is 1.83 bits per heavy atom. The zero-order chi connectivity index (χ0) is 4.41. The van der Waals surface area contributed by atoms with Gasteiger partial charge in [0.05, 0.1) is 0 Å². The predicted molar refractivity (Wildman–Crippen MR) is 24.2 cm³/mol. The summed E-state index contributed by atoms with van der Waals surface area (Å²) in [4.78, 5) is 0. The molecule has 0 saturated heterocycles. The van der Waals surface area contributed by atoms with Gasteiger partial charge in [0, 0.05) is 13.0 Å². The number of nitrogens with one attached hydrogen (secondary N) is 1. The molecule has 0 unspecified atom stereocenters. The van der Waals surface area contributed by atoms with E-state index < -0.39 is 0 Å². The van der Waals surface area contributed by atoms with E-state index in [2.05, 4.69) is 10.5 Å². The third kappa shape index (κ3) is 0.429. The predicted octanol–water partition coefficient (Wildman–Crippen LogP) is -0.748. The van der Waals surface area contributed by atoms with E-state index in [-0.39, 0.29) is 0 Å². The highest BCUT2D eigenvalue weighted by atomic mass is 15.3. The summed E-state index contributed by atoms with van der Waals surface area (Å²) in [5.41, 5.74) is 7.96. The second-order valence-electron chi connectivity index (χ2n) is 1.26. The van der Waals surface area contributed by atoms with Crippen LogP contribution in [0.5, 0.6) is 0 Å². The number of rotatable bonds is 0. The number of hydrazone groups is 1. The van der Waals surface area contributed by atoms with Gasteiger partial charge in [0.1, 0.15) is 5.84 Å². The smallest absolute Gasteiger partial charge is 0.121 e. The van der Waals surface area contributed by atoms with Crippen LogP contribution in [0.1, 0.15) is 6.42 Å². The fourth-order valence-corrected chi connectivity index (χ4v) is 0.397. The molecule has 1 aliphatic rings. The quantitative estimate of drug-likeness (QED) is 0.406. The zero-order valence-corrected chi connectivity index (χ0v) is 3.44. The summed E-state index contributed by atoms with van der Waals surface area (Å²) in [5, 5.41) is 3.68. The lowest BCUT2D eigenvalue weighted by atomic mass is 10.4. The van der Waals surface area contributed by atoms with Crippen LogP contribution in [-0.4, -0.2) is 12.4 Å². The Hall–Kier alpha value is -0.730. The second kappa shape index (κ2) is 1.16. The minimum atomic E-state index is 0.718. The molecule has 0 saturated carbocycles. The van der Waals surface area contributed by atoms with Crippen LogP contribution >= 0.6 is 0 Å². The summed E-state index contributed by atoms with van der Waals surface area (Å²) in [7, 11) is 0. The summed E-state index contributed by atoms with van der Waals surface area (Å²) >= 11 is 0. The highest BCUT2D eigenvalue weighted by Gasteiger charge is 1.96. The standard InChI is InChI=1S/C3H7N3/c4-3-1-2-5-6-3/h5H,1-2H2,(H2,4,6). The molecule has 0 spiro atoms. The third-order valence-corrected chi connectivity index (χ3v) is 0.716. The highest BCUT2D eigenvalue weighted by molar-refractivity contribution is 5.81. The maximum absolute atomic E-state index is 5.22. The van der Waals surface area contributed by atoms with Crippen LogP contribution in [0.2, 0.25) is 0 Å². The average molecular weight is 85.1 g/mol. The molecule has 0 radical (unpaired) electrons. The largest absolute Gasteiger partial charge is 0.386 e. The normalized spacial score (nSPS) is 19.7. The van der Waals surface area contributed by atoms with E-state index in [1.54, 1.807) is 0 Å². The van der Waals surface area contributed by atoms with Crippen molar-refractivity contribution in [3.63, 3.8) is 0 Å². The molecule has 0 fully saturated rings. The first-order valence-corrected chi connectivity index (χ1v) is 1.94. The maximum Gasteiger partial charge on any atom is 0.121 e. The van der Waals surface area contributed by atoms with Gasteiger partial charge in [0.25, 0.3) is 0 Å². The average Bonchev–Trinajstić information content (AvgIpc) is 1.86. The van der Waals surface area contributed by atoms with Crippen LogP contribution in [0, 0.1) is 0 Å². The molecule has 34 valence electrons. The molecule has 3 N–H and O–H groups in total. The van der Waals surface area contributed by atoms with E-state index in [9.17, 15) is 0 Å². The lowest BCUT2D eigenvalue weighted by Crippen LogP contribution is -2.06. The summed E-state index contributed by atoms with van der Waals surface area (Å²) in [6.07, 6.45) is 0.903. The number of hydrogen-bond donors (Lipinski definition) is 2. The zero-order valence-electron chi connectivity index (χ0n) is 3.44. The lowest BCUT2D eigenvalue weighted by molar-refractivity contribution is 0.813. The molecule has 0 aromatic rings. The monoisotopic (exact) mass is 85.1 g/mol. The fourth-order valence-electron chi connectivity index (χ4n) is 0.397. The van der Waals surface area contributed by atoms with E-state index in [1.807, 2.05) is 0 Å². The molecule has 0 bridgehead atoms. The van der Waals surface area contributed by atoms with Gasteiger partial charge in [-0.1, -0.05) is 0 Å². The maximum atomic E-state index is 5.22. The first-order valence-electron chi connectivity index (χ1n) is 1.94. The number of nitrogens with zero attached hydrogens (tertiary/aromatic N) is 1. The first-order chi connectivity index (χ1) is 2.89. The van der Waals surface area contributed by atoms with E-state index in [1.165, 1.54) is 0 Å². The van der Waals surface area contributed by atoms with Gasteiger partial charge in [-0.25, -0.2) is 0 Å². The molecule has 0 aromatic heterocycles. The van der Waals surface area contributed by atoms with Gasteiger partial charge in [0.2, 0.25) is 0 Å². The van der Waals surface area contributed by atoms with Crippen LogP contribution in [0.4, 0.5) is 0 Å².